The van der Waals surface area contributed by atoms with Gasteiger partial charge in [-0.2, -0.15) is 4.80 Å². The average Bonchev–Trinajstić information content (AvgIpc) is 2.93. The van der Waals surface area contributed by atoms with Gasteiger partial charge in [-0.3, -0.25) is 10.1 Å². The van der Waals surface area contributed by atoms with E-state index in [0.717, 1.165) is 0 Å². The molecule has 1 aromatic heterocycles. The van der Waals surface area contributed by atoms with Crippen LogP contribution in [0, 0.1) is 17.0 Å². The minimum absolute atomic E-state index is 0.0126. The van der Waals surface area contributed by atoms with Crippen LogP contribution in [0.15, 0.2) is 18.2 Å². The van der Waals surface area contributed by atoms with Gasteiger partial charge >= 0.3 is 6.09 Å². The van der Waals surface area contributed by atoms with E-state index in [0.29, 0.717) is 30.0 Å². The summed E-state index contributed by atoms with van der Waals surface area (Å²) in [5.41, 5.74) is 0.565. The van der Waals surface area contributed by atoms with Crippen molar-refractivity contribution in [3.63, 3.8) is 0 Å². The van der Waals surface area contributed by atoms with Crippen LogP contribution in [0.1, 0.15) is 32.4 Å². The quantitative estimate of drug-likeness (QED) is 0.609. The highest BCUT2D eigenvalue weighted by molar-refractivity contribution is 5.69. The Morgan fingerprint density at radius 1 is 1.35 bits per heavy atom. The molecule has 1 saturated heterocycles. The molecule has 0 N–H and O–H groups in total. The van der Waals surface area contributed by atoms with Gasteiger partial charge < -0.3 is 9.64 Å². The van der Waals surface area contributed by atoms with Crippen LogP contribution >= 0.6 is 0 Å². The van der Waals surface area contributed by atoms with E-state index in [2.05, 4.69) is 15.4 Å². The van der Waals surface area contributed by atoms with Crippen LogP contribution in [-0.4, -0.2) is 54.8 Å². The van der Waals surface area contributed by atoms with Gasteiger partial charge in [0.15, 0.2) is 0 Å². The number of nitrogens with zero attached hydrogens (tertiary/aromatic N) is 6. The number of aromatic nitrogens is 4. The van der Waals surface area contributed by atoms with Gasteiger partial charge in [0.25, 0.3) is 5.69 Å². The van der Waals surface area contributed by atoms with Crippen molar-refractivity contribution < 1.29 is 14.5 Å². The Labute approximate surface area is 149 Å². The van der Waals surface area contributed by atoms with Gasteiger partial charge in [-0.15, -0.1) is 10.2 Å². The van der Waals surface area contributed by atoms with Crippen LogP contribution < -0.4 is 0 Å². The second kappa shape index (κ2) is 6.36. The van der Waals surface area contributed by atoms with Gasteiger partial charge in [-0.25, -0.2) is 4.79 Å². The minimum Gasteiger partial charge on any atom is -0.444 e. The van der Waals surface area contributed by atoms with Crippen LogP contribution in [0.2, 0.25) is 0 Å². The Hall–Kier alpha value is -3.04. The van der Waals surface area contributed by atoms with E-state index >= 15 is 0 Å². The number of nitro benzene ring substituents is 1. The standard InChI is InChI=1S/C16H20N6O4/c1-10-5-6-11(7-13(10)22(24)25)14-17-19-21(18-14)12-8-20(9-12)15(23)26-16(2,3)4/h5-7,12H,8-9H2,1-4H3. The van der Waals surface area contributed by atoms with E-state index in [1.165, 1.54) is 10.9 Å². The first-order chi connectivity index (χ1) is 12.1. The number of tetrazole rings is 1. The van der Waals surface area contributed by atoms with E-state index < -0.39 is 10.5 Å². The van der Waals surface area contributed by atoms with Crippen LogP contribution in [-0.2, 0) is 4.74 Å². The number of carbonyl (C=O) groups is 1. The summed E-state index contributed by atoms with van der Waals surface area (Å²) >= 11 is 0. The second-order valence-corrected chi connectivity index (χ2v) is 7.23. The van der Waals surface area contributed by atoms with Gasteiger partial charge in [-0.05, 0) is 32.9 Å². The third-order valence-electron chi connectivity index (χ3n) is 3.93. The number of likely N-dealkylation sites (tertiary alicyclic amines) is 1. The summed E-state index contributed by atoms with van der Waals surface area (Å²) in [6.45, 7) is 7.97. The average molecular weight is 360 g/mol. The summed E-state index contributed by atoms with van der Waals surface area (Å²) in [5, 5.41) is 23.3. The summed E-state index contributed by atoms with van der Waals surface area (Å²) in [6.07, 6.45) is -0.372. The molecule has 2 aromatic rings. The maximum absolute atomic E-state index is 12.0. The molecule has 0 bridgehead atoms. The van der Waals surface area contributed by atoms with Crippen LogP contribution in [0.3, 0.4) is 0 Å². The summed E-state index contributed by atoms with van der Waals surface area (Å²) in [6, 6.07) is 4.72. The van der Waals surface area contributed by atoms with Gasteiger partial charge in [0.2, 0.25) is 5.82 Å². The summed E-state index contributed by atoms with van der Waals surface area (Å²) in [7, 11) is 0. The van der Waals surface area contributed by atoms with Gasteiger partial charge in [0, 0.05) is 17.2 Å². The zero-order valence-corrected chi connectivity index (χ0v) is 15.0. The fourth-order valence-electron chi connectivity index (χ4n) is 2.52. The zero-order chi connectivity index (χ0) is 19.1. The number of aryl methyl sites for hydroxylation is 1. The molecule has 1 amide bonds. The molecule has 26 heavy (non-hydrogen) atoms. The first-order valence-corrected chi connectivity index (χ1v) is 8.17. The van der Waals surface area contributed by atoms with Crippen molar-refractivity contribution >= 4 is 11.8 Å². The third-order valence-corrected chi connectivity index (χ3v) is 3.93. The van der Waals surface area contributed by atoms with Crippen LogP contribution in [0.5, 0.6) is 0 Å². The Bertz CT molecular complexity index is 851. The Kier molecular flexibility index (Phi) is 4.34. The van der Waals surface area contributed by atoms with Crippen molar-refractivity contribution in [3.05, 3.63) is 33.9 Å². The van der Waals surface area contributed by atoms with E-state index in [4.69, 9.17) is 4.74 Å². The fourth-order valence-corrected chi connectivity index (χ4v) is 2.52. The molecule has 0 spiro atoms. The second-order valence-electron chi connectivity index (χ2n) is 7.23. The van der Waals surface area contributed by atoms with Crippen LogP contribution in [0.4, 0.5) is 10.5 Å². The first kappa shape index (κ1) is 17.8. The Morgan fingerprint density at radius 3 is 2.65 bits per heavy atom. The van der Waals surface area contributed by atoms with Crippen LogP contribution in [0.25, 0.3) is 11.4 Å². The molecule has 10 heteroatoms. The highest BCUT2D eigenvalue weighted by atomic mass is 16.6. The molecule has 0 saturated carbocycles. The van der Waals surface area contributed by atoms with Crippen molar-refractivity contribution in [2.45, 2.75) is 39.3 Å². The van der Waals surface area contributed by atoms with Crippen molar-refractivity contribution in [2.24, 2.45) is 0 Å². The highest BCUT2D eigenvalue weighted by Gasteiger charge is 2.36. The molecule has 2 heterocycles. The number of hydrogen-bond donors (Lipinski definition) is 0. The lowest BCUT2D eigenvalue weighted by Gasteiger charge is -2.38. The lowest BCUT2D eigenvalue weighted by Crippen LogP contribution is -2.52. The number of ether oxygens (including phenoxy) is 1. The van der Waals surface area contributed by atoms with Gasteiger partial charge in [0.05, 0.1) is 18.0 Å². The SMILES string of the molecule is Cc1ccc(-c2nnn(C3CN(C(=O)OC(C)(C)C)C3)n2)cc1[N+](=O)[O-]. The maximum Gasteiger partial charge on any atom is 0.410 e. The van der Waals surface area contributed by atoms with Crippen molar-refractivity contribution in [3.8, 4) is 11.4 Å². The summed E-state index contributed by atoms with van der Waals surface area (Å²) in [4.78, 5) is 25.6. The molecule has 0 unspecified atom stereocenters. The normalized spacial score (nSPS) is 14.8. The molecule has 10 nitrogen and oxygen atoms in total. The van der Waals surface area contributed by atoms with Crippen molar-refractivity contribution in [1.82, 2.24) is 25.1 Å². The predicted molar refractivity (Wildman–Crippen MR) is 91.5 cm³/mol. The zero-order valence-electron chi connectivity index (χ0n) is 15.0. The molecule has 0 atom stereocenters. The Morgan fingerprint density at radius 2 is 2.04 bits per heavy atom. The van der Waals surface area contributed by atoms with E-state index in [1.54, 1.807) is 24.0 Å². The first-order valence-electron chi connectivity index (χ1n) is 8.17. The lowest BCUT2D eigenvalue weighted by atomic mass is 10.1. The van der Waals surface area contributed by atoms with Crippen molar-refractivity contribution in [1.29, 1.82) is 0 Å². The molecule has 1 aliphatic rings. The van der Waals surface area contributed by atoms with Crippen molar-refractivity contribution in [2.75, 3.05) is 13.1 Å². The number of hydrogen-bond acceptors (Lipinski definition) is 7. The maximum atomic E-state index is 12.0. The Balaban J connectivity index is 1.68. The molecule has 1 aliphatic heterocycles. The number of amides is 1. The number of carbonyl (C=O) groups excluding carboxylic acids is 1. The molecule has 1 aromatic carbocycles. The number of rotatable bonds is 3. The fraction of sp³-hybridized carbons (Fsp3) is 0.500. The van der Waals surface area contributed by atoms with Gasteiger partial charge in [0.1, 0.15) is 11.6 Å². The van der Waals surface area contributed by atoms with E-state index in [-0.39, 0.29) is 17.8 Å². The van der Waals surface area contributed by atoms with E-state index in [9.17, 15) is 14.9 Å². The molecule has 3 rings (SSSR count). The molecular formula is C16H20N6O4. The monoisotopic (exact) mass is 360 g/mol. The molecular weight excluding hydrogens is 340 g/mol. The highest BCUT2D eigenvalue weighted by Crippen LogP contribution is 2.26. The summed E-state index contributed by atoms with van der Waals surface area (Å²) in [5.74, 6) is 0.309. The van der Waals surface area contributed by atoms with E-state index in [1.807, 2.05) is 20.8 Å². The largest absolute Gasteiger partial charge is 0.444 e. The van der Waals surface area contributed by atoms with Gasteiger partial charge in [-0.1, -0.05) is 12.1 Å². The molecule has 138 valence electrons. The summed E-state index contributed by atoms with van der Waals surface area (Å²) < 4.78 is 5.30. The molecule has 0 radical (unpaired) electrons. The molecule has 1 fully saturated rings. The predicted octanol–water partition coefficient (Wildman–Crippen LogP) is 2.35. The number of nitro groups is 1. The number of benzene rings is 1. The lowest BCUT2D eigenvalue weighted by molar-refractivity contribution is -0.385. The smallest absolute Gasteiger partial charge is 0.410 e. The topological polar surface area (TPSA) is 116 Å². The minimum atomic E-state index is -0.541. The molecule has 0 aliphatic carbocycles. The third kappa shape index (κ3) is 3.63.